The minimum absolute atomic E-state index is 0.0959. The Hall–Kier alpha value is -3.57. The first-order chi connectivity index (χ1) is 21.9. The lowest BCUT2D eigenvalue weighted by Crippen LogP contribution is -2.43. The van der Waals surface area contributed by atoms with E-state index < -0.39 is 14.0 Å². The van der Waals surface area contributed by atoms with Gasteiger partial charge in [0.05, 0.1) is 5.56 Å². The summed E-state index contributed by atoms with van der Waals surface area (Å²) in [7, 11) is -1.92. The zero-order chi connectivity index (χ0) is 35.2. The molecule has 0 spiro atoms. The van der Waals surface area contributed by atoms with Crippen LogP contribution in [0.25, 0.3) is 0 Å². The lowest BCUT2D eigenvalue weighted by molar-refractivity contribution is 0.0472. The summed E-state index contributed by atoms with van der Waals surface area (Å²) in [4.78, 5) is 13.1. The first kappa shape index (κ1) is 37.9. The van der Waals surface area contributed by atoms with Gasteiger partial charge >= 0.3 is 5.97 Å². The number of hydrogen-bond acceptors (Lipinski definition) is 3. The van der Waals surface area contributed by atoms with Crippen molar-refractivity contribution in [2.45, 2.75) is 130 Å². The summed E-state index contributed by atoms with van der Waals surface area (Å²) >= 11 is 0. The summed E-state index contributed by atoms with van der Waals surface area (Å²) in [6, 6.07) is 20.6. The molecule has 0 fully saturated rings. The van der Waals surface area contributed by atoms with E-state index in [4.69, 9.17) is 11.2 Å². The number of ether oxygens (including phenoxy) is 1. The van der Waals surface area contributed by atoms with E-state index in [1.807, 2.05) is 24.3 Å². The van der Waals surface area contributed by atoms with Crippen LogP contribution in [0, 0.1) is 23.8 Å². The van der Waals surface area contributed by atoms with Crippen LogP contribution < -0.4 is 5.32 Å². The third-order valence-corrected chi connectivity index (χ3v) is 15.7. The third kappa shape index (κ3) is 9.96. The quantitative estimate of drug-likeness (QED) is 0.135. The van der Waals surface area contributed by atoms with Gasteiger partial charge in [0, 0.05) is 24.2 Å². The lowest BCUT2D eigenvalue weighted by atomic mass is 9.79. The molecule has 0 aromatic heterocycles. The minimum atomic E-state index is -1.92. The fraction of sp³-hybridized carbons (Fsp3) is 0.465. The van der Waals surface area contributed by atoms with Gasteiger partial charge < -0.3 is 10.1 Å². The van der Waals surface area contributed by atoms with Crippen molar-refractivity contribution in [3.63, 3.8) is 0 Å². The van der Waals surface area contributed by atoms with Crippen molar-refractivity contribution in [3.8, 4) is 23.8 Å². The van der Waals surface area contributed by atoms with Gasteiger partial charge in [-0.1, -0.05) is 137 Å². The molecule has 0 heterocycles. The van der Waals surface area contributed by atoms with E-state index in [1.165, 1.54) is 22.3 Å². The molecule has 0 aliphatic rings. The van der Waals surface area contributed by atoms with E-state index in [9.17, 15) is 4.79 Å². The highest BCUT2D eigenvalue weighted by Crippen LogP contribution is 2.41. The van der Waals surface area contributed by atoms with Crippen LogP contribution in [0.1, 0.15) is 132 Å². The van der Waals surface area contributed by atoms with Gasteiger partial charge in [0.1, 0.15) is 14.7 Å². The van der Waals surface area contributed by atoms with Crippen LogP contribution in [-0.4, -0.2) is 14.0 Å². The Morgan fingerprint density at radius 1 is 0.723 bits per heavy atom. The Morgan fingerprint density at radius 2 is 1.21 bits per heavy atom. The predicted octanol–water partition coefficient (Wildman–Crippen LogP) is 10.5. The van der Waals surface area contributed by atoms with Gasteiger partial charge in [0.15, 0.2) is 0 Å². The van der Waals surface area contributed by atoms with Crippen LogP contribution in [0.4, 0.5) is 0 Å². The first-order valence-electron chi connectivity index (χ1n) is 17.1. The van der Waals surface area contributed by atoms with Crippen molar-refractivity contribution in [2.75, 3.05) is 0 Å². The van der Waals surface area contributed by atoms with Crippen LogP contribution in [0.3, 0.4) is 0 Å². The average Bonchev–Trinajstić information content (AvgIpc) is 2.99. The first-order valence-corrected chi connectivity index (χ1v) is 19.4. The number of rotatable bonds is 10. The molecule has 3 rings (SSSR count). The maximum absolute atomic E-state index is 13.1. The summed E-state index contributed by atoms with van der Waals surface area (Å²) in [6.07, 6.45) is 5.76. The summed E-state index contributed by atoms with van der Waals surface area (Å²) in [5.74, 6) is 5.71. The predicted molar refractivity (Wildman–Crippen MR) is 202 cm³/mol. The second-order valence-electron chi connectivity index (χ2n) is 16.0. The lowest BCUT2D eigenvalue weighted by Gasteiger charge is -2.38. The molecular weight excluding hydrogens is 591 g/mol. The fourth-order valence-corrected chi connectivity index (χ4v) is 11.7. The normalized spacial score (nSPS) is 12.2. The molecule has 0 radical (unpaired) electrons. The van der Waals surface area contributed by atoms with Gasteiger partial charge in [-0.15, -0.1) is 12.0 Å². The molecule has 3 aromatic rings. The minimum Gasteiger partial charge on any atom is -0.457 e. The van der Waals surface area contributed by atoms with E-state index in [0.717, 1.165) is 24.2 Å². The topological polar surface area (TPSA) is 38.3 Å². The number of carbonyl (C=O) groups excluding carboxylic acids is 1. The van der Waals surface area contributed by atoms with E-state index in [-0.39, 0.29) is 17.4 Å². The fourth-order valence-electron chi connectivity index (χ4n) is 6.51. The maximum Gasteiger partial charge on any atom is 0.338 e. The molecule has 0 saturated carbocycles. The van der Waals surface area contributed by atoms with Gasteiger partial charge in [-0.3, -0.25) is 0 Å². The number of nitrogens with one attached hydrogen (secondary N) is 1. The van der Waals surface area contributed by atoms with Gasteiger partial charge in [-0.05, 0) is 73.5 Å². The zero-order valence-electron chi connectivity index (χ0n) is 31.0. The Morgan fingerprint density at radius 3 is 1.70 bits per heavy atom. The molecule has 0 saturated heterocycles. The smallest absolute Gasteiger partial charge is 0.338 e. The Labute approximate surface area is 287 Å². The van der Waals surface area contributed by atoms with Crippen molar-refractivity contribution in [1.29, 1.82) is 0 Å². The Kier molecular flexibility index (Phi) is 12.5. The second kappa shape index (κ2) is 15.6. The molecule has 0 aliphatic heterocycles. The summed E-state index contributed by atoms with van der Waals surface area (Å²) in [5.41, 5.74) is 13.4. The van der Waals surface area contributed by atoms with Gasteiger partial charge in [-0.2, -0.15) is 0 Å². The van der Waals surface area contributed by atoms with Gasteiger partial charge in [-0.25, -0.2) is 4.79 Å². The largest absolute Gasteiger partial charge is 0.457 e. The highest BCUT2D eigenvalue weighted by molar-refractivity contribution is 6.90. The molecular formula is C43H57NO2Si. The van der Waals surface area contributed by atoms with Gasteiger partial charge in [0.25, 0.3) is 0 Å². The van der Waals surface area contributed by atoms with Crippen LogP contribution >= 0.6 is 0 Å². The highest BCUT2D eigenvalue weighted by Gasteiger charge is 2.41. The van der Waals surface area contributed by atoms with Crippen molar-refractivity contribution in [2.24, 2.45) is 0 Å². The molecule has 4 heteroatoms. The van der Waals surface area contributed by atoms with Crippen LogP contribution in [0.5, 0.6) is 0 Å². The molecule has 0 atom stereocenters. The summed E-state index contributed by atoms with van der Waals surface area (Å²) in [5, 5.41) is 3.61. The van der Waals surface area contributed by atoms with Crippen LogP contribution in [0.2, 0.25) is 16.6 Å². The molecule has 1 N–H and O–H groups in total. The standard InChI is InChI=1S/C43H57NO2Si/c1-14-33-21-36(19-20-47(30(2)3,31(4)5)32(6)7)23-38(22-33)41(45)46-29-35-17-15-34(16-18-35)27-44-28-37-24-39(42(8,9)10)26-40(25-37)43(11,12)13/h1,15-18,21-26,30-32,44H,27-29H2,2-13H3. The van der Waals surface area contributed by atoms with Crippen molar-refractivity contribution in [1.82, 2.24) is 5.32 Å². The number of esters is 1. The molecule has 3 nitrogen and oxygen atoms in total. The SMILES string of the molecule is C#Cc1cc(C#C[Si](C(C)C)(C(C)C)C(C)C)cc(C(=O)OCc2ccc(CNCc3cc(C(C)(C)C)cc(C(C)(C)C)c3)cc2)c1. The van der Waals surface area contributed by atoms with Gasteiger partial charge in [0.2, 0.25) is 0 Å². The Bertz CT molecular complexity index is 1580. The monoisotopic (exact) mass is 647 g/mol. The average molecular weight is 648 g/mol. The summed E-state index contributed by atoms with van der Waals surface area (Å²) in [6.45, 7) is 29.1. The molecule has 47 heavy (non-hydrogen) atoms. The van der Waals surface area contributed by atoms with Crippen molar-refractivity contribution >= 4 is 14.0 Å². The molecule has 250 valence electrons. The number of benzene rings is 3. The van der Waals surface area contributed by atoms with E-state index >= 15 is 0 Å². The number of carbonyl (C=O) groups is 1. The highest BCUT2D eigenvalue weighted by atomic mass is 28.3. The van der Waals surface area contributed by atoms with Crippen molar-refractivity contribution in [3.05, 3.63) is 105 Å². The van der Waals surface area contributed by atoms with E-state index in [2.05, 4.69) is 136 Å². The molecule has 3 aromatic carbocycles. The van der Waals surface area contributed by atoms with E-state index in [0.29, 0.717) is 27.8 Å². The Balaban J connectivity index is 1.66. The van der Waals surface area contributed by atoms with Crippen molar-refractivity contribution < 1.29 is 9.53 Å². The molecule has 0 bridgehead atoms. The summed E-state index contributed by atoms with van der Waals surface area (Å²) < 4.78 is 5.72. The second-order valence-corrected chi connectivity index (χ2v) is 21.6. The molecule has 0 amide bonds. The maximum atomic E-state index is 13.1. The number of terminal acetylenes is 1. The van der Waals surface area contributed by atoms with E-state index in [1.54, 1.807) is 6.07 Å². The third-order valence-electron chi connectivity index (χ3n) is 9.40. The number of hydrogen-bond donors (Lipinski definition) is 1. The van der Waals surface area contributed by atoms with Crippen LogP contribution in [-0.2, 0) is 35.3 Å². The molecule has 0 aliphatic carbocycles. The molecule has 0 unspecified atom stereocenters. The van der Waals surface area contributed by atoms with Crippen LogP contribution in [0.15, 0.2) is 60.7 Å². The zero-order valence-corrected chi connectivity index (χ0v) is 32.0.